The summed E-state index contributed by atoms with van der Waals surface area (Å²) in [6, 6.07) is 10.2. The molecule has 1 aliphatic heterocycles. The van der Waals surface area contributed by atoms with Crippen LogP contribution >= 0.6 is 11.3 Å². The molecule has 0 aliphatic carbocycles. The second kappa shape index (κ2) is 10.2. The lowest BCUT2D eigenvalue weighted by Crippen LogP contribution is -2.44. The van der Waals surface area contributed by atoms with Gasteiger partial charge in [-0.3, -0.25) is 4.79 Å². The van der Waals surface area contributed by atoms with Gasteiger partial charge in [0.15, 0.2) is 11.5 Å². The van der Waals surface area contributed by atoms with E-state index in [1.54, 1.807) is 25.6 Å². The van der Waals surface area contributed by atoms with Gasteiger partial charge in [-0.2, -0.15) is 0 Å². The van der Waals surface area contributed by atoms with Crippen molar-refractivity contribution in [2.75, 3.05) is 20.8 Å². The van der Waals surface area contributed by atoms with E-state index in [9.17, 15) is 4.79 Å². The predicted molar refractivity (Wildman–Crippen MR) is 125 cm³/mol. The van der Waals surface area contributed by atoms with Gasteiger partial charge in [0.25, 0.3) is 0 Å². The Balaban J connectivity index is 1.41. The van der Waals surface area contributed by atoms with Crippen LogP contribution in [-0.2, 0) is 17.6 Å². The van der Waals surface area contributed by atoms with E-state index < -0.39 is 0 Å². The van der Waals surface area contributed by atoms with Gasteiger partial charge >= 0.3 is 0 Å². The van der Waals surface area contributed by atoms with Crippen molar-refractivity contribution in [1.82, 2.24) is 9.88 Å². The Bertz CT molecular complexity index is 1040. The lowest BCUT2D eigenvalue weighted by atomic mass is 9.95. The minimum absolute atomic E-state index is 0.135. The van der Waals surface area contributed by atoms with Gasteiger partial charge in [0.2, 0.25) is 11.8 Å². The number of aromatic nitrogens is 1. The van der Waals surface area contributed by atoms with Crippen molar-refractivity contribution < 1.29 is 18.7 Å². The molecule has 2 aromatic heterocycles. The first-order chi connectivity index (χ1) is 15.6. The maximum Gasteiger partial charge on any atom is 0.236 e. The van der Waals surface area contributed by atoms with Gasteiger partial charge in [0.05, 0.1) is 31.2 Å². The number of likely N-dealkylation sites (tertiary alicyclic amines) is 1. The summed E-state index contributed by atoms with van der Waals surface area (Å²) < 4.78 is 16.6. The molecule has 1 fully saturated rings. The molecule has 1 aliphatic rings. The standard InChI is InChI=1S/C25H30N2O4S/c1-17-20(26-25(31-17)23-8-6-14-32-23)16-24(28)27-13-5-4-7-19(27)11-9-18-10-12-21(29-2)22(15-18)30-3/h6,8,10,12,14-15,19H,4-5,7,9,11,13,16H2,1-3H3. The Kier molecular flexibility index (Phi) is 7.15. The number of hydrogen-bond donors (Lipinski definition) is 0. The molecule has 1 atom stereocenters. The first kappa shape index (κ1) is 22.4. The third kappa shape index (κ3) is 4.99. The zero-order valence-electron chi connectivity index (χ0n) is 18.9. The Hall–Kier alpha value is -2.80. The predicted octanol–water partition coefficient (Wildman–Crippen LogP) is 5.29. The Morgan fingerprint density at radius 2 is 2.06 bits per heavy atom. The summed E-state index contributed by atoms with van der Waals surface area (Å²) in [6.45, 7) is 2.70. The maximum atomic E-state index is 13.2. The van der Waals surface area contributed by atoms with Crippen molar-refractivity contribution in [3.8, 4) is 22.3 Å². The number of carbonyl (C=O) groups is 1. The van der Waals surface area contributed by atoms with E-state index in [-0.39, 0.29) is 18.4 Å². The van der Waals surface area contributed by atoms with Crippen molar-refractivity contribution in [1.29, 1.82) is 0 Å². The first-order valence-corrected chi connectivity index (χ1v) is 12.0. The highest BCUT2D eigenvalue weighted by Crippen LogP contribution is 2.30. The third-order valence-corrected chi connectivity index (χ3v) is 6.96. The van der Waals surface area contributed by atoms with Crippen molar-refractivity contribution in [2.24, 2.45) is 0 Å². The van der Waals surface area contributed by atoms with Gasteiger partial charge in [-0.25, -0.2) is 4.98 Å². The van der Waals surface area contributed by atoms with E-state index in [1.807, 2.05) is 36.6 Å². The maximum absolute atomic E-state index is 13.2. The number of oxazole rings is 1. The number of aryl methyl sites for hydroxylation is 2. The van der Waals surface area contributed by atoms with Crippen LogP contribution in [0.3, 0.4) is 0 Å². The molecule has 170 valence electrons. The number of rotatable bonds is 8. The molecule has 0 N–H and O–H groups in total. The smallest absolute Gasteiger partial charge is 0.236 e. The van der Waals surface area contributed by atoms with E-state index in [0.717, 1.165) is 66.5 Å². The number of nitrogens with zero attached hydrogens (tertiary/aromatic N) is 2. The fourth-order valence-electron chi connectivity index (χ4n) is 4.34. The van der Waals surface area contributed by atoms with Crippen LogP contribution in [0.25, 0.3) is 10.8 Å². The summed E-state index contributed by atoms with van der Waals surface area (Å²) in [7, 11) is 3.29. The van der Waals surface area contributed by atoms with E-state index in [0.29, 0.717) is 5.89 Å². The summed E-state index contributed by atoms with van der Waals surface area (Å²) >= 11 is 1.59. The molecule has 6 nitrogen and oxygen atoms in total. The molecule has 1 amide bonds. The number of benzene rings is 1. The normalized spacial score (nSPS) is 16.2. The molecule has 32 heavy (non-hydrogen) atoms. The van der Waals surface area contributed by atoms with Crippen LogP contribution in [-0.4, -0.2) is 42.6 Å². The zero-order chi connectivity index (χ0) is 22.5. The van der Waals surface area contributed by atoms with Gasteiger partial charge in [-0.1, -0.05) is 12.1 Å². The first-order valence-electron chi connectivity index (χ1n) is 11.1. The molecule has 0 spiro atoms. The molecular weight excluding hydrogens is 424 g/mol. The number of amides is 1. The van der Waals surface area contributed by atoms with Gasteiger partial charge in [0, 0.05) is 12.6 Å². The molecule has 1 aromatic carbocycles. The molecule has 1 saturated heterocycles. The quantitative estimate of drug-likeness (QED) is 0.463. The third-order valence-electron chi connectivity index (χ3n) is 6.10. The Labute approximate surface area is 193 Å². The highest BCUT2D eigenvalue weighted by molar-refractivity contribution is 7.13. The fraction of sp³-hybridized carbons (Fsp3) is 0.440. The fourth-order valence-corrected chi connectivity index (χ4v) is 4.99. The molecule has 0 saturated carbocycles. The van der Waals surface area contributed by atoms with Crippen molar-refractivity contribution in [3.05, 3.63) is 52.7 Å². The topological polar surface area (TPSA) is 64.8 Å². The summed E-state index contributed by atoms with van der Waals surface area (Å²) in [5, 5.41) is 2.00. The molecule has 7 heteroatoms. The minimum Gasteiger partial charge on any atom is -0.493 e. The minimum atomic E-state index is 0.135. The monoisotopic (exact) mass is 454 g/mol. The second-order valence-electron chi connectivity index (χ2n) is 8.14. The number of carbonyl (C=O) groups excluding carboxylic acids is 1. The van der Waals surface area contributed by atoms with Crippen LogP contribution in [0.4, 0.5) is 0 Å². The van der Waals surface area contributed by atoms with Crippen molar-refractivity contribution in [3.63, 3.8) is 0 Å². The van der Waals surface area contributed by atoms with Gasteiger partial charge < -0.3 is 18.8 Å². The highest BCUT2D eigenvalue weighted by Gasteiger charge is 2.28. The number of methoxy groups -OCH3 is 2. The molecule has 3 aromatic rings. The van der Waals surface area contributed by atoms with E-state index in [4.69, 9.17) is 13.9 Å². The second-order valence-corrected chi connectivity index (χ2v) is 9.09. The van der Waals surface area contributed by atoms with Gasteiger partial charge in [0.1, 0.15) is 5.76 Å². The van der Waals surface area contributed by atoms with Crippen molar-refractivity contribution in [2.45, 2.75) is 51.5 Å². The van der Waals surface area contributed by atoms with E-state index >= 15 is 0 Å². The molecule has 1 unspecified atom stereocenters. The van der Waals surface area contributed by atoms with Gasteiger partial charge in [-0.15, -0.1) is 11.3 Å². The van der Waals surface area contributed by atoms with E-state index in [1.165, 1.54) is 5.56 Å². The van der Waals surface area contributed by atoms with Crippen LogP contribution in [0, 0.1) is 6.92 Å². The molecular formula is C25H30N2O4S. The molecule has 4 rings (SSSR count). The SMILES string of the molecule is COc1ccc(CCC2CCCCN2C(=O)Cc2nc(-c3cccs3)oc2C)cc1OC. The highest BCUT2D eigenvalue weighted by atomic mass is 32.1. The van der Waals surface area contributed by atoms with Crippen LogP contribution in [0.1, 0.15) is 42.7 Å². The van der Waals surface area contributed by atoms with Crippen LogP contribution in [0.2, 0.25) is 0 Å². The van der Waals surface area contributed by atoms with Gasteiger partial charge in [-0.05, 0) is 68.2 Å². The average Bonchev–Trinajstić information content (AvgIpc) is 3.48. The average molecular weight is 455 g/mol. The molecule has 3 heterocycles. The summed E-state index contributed by atoms with van der Waals surface area (Å²) in [5.74, 6) is 2.93. The van der Waals surface area contributed by atoms with Crippen molar-refractivity contribution >= 4 is 17.2 Å². The number of hydrogen-bond acceptors (Lipinski definition) is 6. The lowest BCUT2D eigenvalue weighted by molar-refractivity contribution is -0.134. The molecule has 0 bridgehead atoms. The van der Waals surface area contributed by atoms with Crippen LogP contribution < -0.4 is 9.47 Å². The number of thiophene rings is 1. The Morgan fingerprint density at radius 3 is 2.81 bits per heavy atom. The molecule has 0 radical (unpaired) electrons. The van der Waals surface area contributed by atoms with E-state index in [2.05, 4.69) is 16.0 Å². The lowest BCUT2D eigenvalue weighted by Gasteiger charge is -2.36. The summed E-state index contributed by atoms with van der Waals surface area (Å²) in [4.78, 5) is 20.9. The van der Waals surface area contributed by atoms with Crippen LogP contribution in [0.5, 0.6) is 11.5 Å². The number of piperidine rings is 1. The largest absolute Gasteiger partial charge is 0.493 e. The van der Waals surface area contributed by atoms with Crippen LogP contribution in [0.15, 0.2) is 40.1 Å². The summed E-state index contributed by atoms with van der Waals surface area (Å²) in [5.41, 5.74) is 1.93. The number of ether oxygens (including phenoxy) is 2. The Morgan fingerprint density at radius 1 is 1.22 bits per heavy atom. The summed E-state index contributed by atoms with van der Waals surface area (Å²) in [6.07, 6.45) is 5.35. The zero-order valence-corrected chi connectivity index (χ0v) is 19.7.